The number of fused-ring (bicyclic) bond motifs is 2. The van der Waals surface area contributed by atoms with Crippen LogP contribution in [0.25, 0.3) is 27.8 Å². The molecule has 0 atom stereocenters. The number of benzene rings is 4. The molecular weight excluding hydrogens is 820 g/mol. The number of alkyl halides is 6. The molecule has 0 saturated carbocycles. The Morgan fingerprint density at radius 2 is 1.53 bits per heavy atom. The van der Waals surface area contributed by atoms with Crippen molar-refractivity contribution in [3.8, 4) is 22.7 Å². The number of hydrogen-bond donors (Lipinski definition) is 3. The highest BCUT2D eigenvalue weighted by molar-refractivity contribution is 7.46. The van der Waals surface area contributed by atoms with E-state index in [0.717, 1.165) is 33.5 Å². The van der Waals surface area contributed by atoms with Gasteiger partial charge in [0.2, 0.25) is 0 Å². The summed E-state index contributed by atoms with van der Waals surface area (Å²) in [5.41, 5.74) is 0.376. The van der Waals surface area contributed by atoms with Crippen molar-refractivity contribution in [3.05, 3.63) is 135 Å². The minimum Gasteiger partial charge on any atom is -0.464 e. The molecule has 1 aliphatic heterocycles. The Labute approximate surface area is 338 Å². The van der Waals surface area contributed by atoms with Crippen LogP contribution >= 0.6 is 7.82 Å². The molecule has 0 bridgehead atoms. The summed E-state index contributed by atoms with van der Waals surface area (Å²) < 4.78 is 118. The molecule has 18 heteroatoms. The molecular formula is C42H38F7N4O6P. The quantitative estimate of drug-likeness (QED) is 0.0917. The summed E-state index contributed by atoms with van der Waals surface area (Å²) in [5, 5.41) is 15.8. The van der Waals surface area contributed by atoms with Crippen molar-refractivity contribution in [2.45, 2.75) is 77.9 Å². The molecule has 0 aliphatic carbocycles. The van der Waals surface area contributed by atoms with Gasteiger partial charge >= 0.3 is 26.3 Å². The van der Waals surface area contributed by atoms with E-state index in [1.807, 2.05) is 32.0 Å². The van der Waals surface area contributed by atoms with E-state index in [0.29, 0.717) is 47.0 Å². The molecule has 60 heavy (non-hydrogen) atoms. The third-order valence-corrected chi connectivity index (χ3v) is 11.4. The molecule has 0 saturated heterocycles. The first-order valence-electron chi connectivity index (χ1n) is 18.7. The molecule has 3 heterocycles. The maximum absolute atomic E-state index is 16.0. The zero-order valence-corrected chi connectivity index (χ0v) is 33.4. The van der Waals surface area contributed by atoms with Crippen LogP contribution in [0.5, 0.6) is 5.75 Å². The minimum absolute atomic E-state index is 0.0276. The zero-order valence-electron chi connectivity index (χ0n) is 32.5. The number of para-hydroxylation sites is 1. The summed E-state index contributed by atoms with van der Waals surface area (Å²) >= 11 is 0. The third-order valence-electron chi connectivity index (χ3n) is 11.0. The number of aryl methyl sites for hydroxylation is 2. The summed E-state index contributed by atoms with van der Waals surface area (Å²) in [7, 11) is -4.85. The second-order valence-corrected chi connectivity index (χ2v) is 16.2. The number of rotatable bonds is 10. The number of hydrogen-bond acceptors (Lipinski definition) is 5. The van der Waals surface area contributed by atoms with E-state index in [2.05, 4.69) is 4.52 Å². The number of phosphoric acid groups is 1. The van der Waals surface area contributed by atoms with Crippen molar-refractivity contribution in [2.75, 3.05) is 0 Å². The number of carboxylic acid groups (broad SMARTS) is 1. The minimum atomic E-state index is -5.09. The topological polar surface area (TPSA) is 130 Å². The van der Waals surface area contributed by atoms with Gasteiger partial charge < -0.3 is 9.63 Å². The van der Waals surface area contributed by atoms with E-state index in [9.17, 15) is 50.6 Å². The Bertz CT molecular complexity index is 2680. The Hall–Kier alpha value is -5.48. The first-order valence-corrected chi connectivity index (χ1v) is 20.2. The molecule has 0 amide bonds. The molecule has 3 N–H and O–H groups in total. The van der Waals surface area contributed by atoms with Gasteiger partial charge in [-0.2, -0.15) is 31.4 Å². The van der Waals surface area contributed by atoms with E-state index in [-0.39, 0.29) is 46.9 Å². The van der Waals surface area contributed by atoms with E-state index in [1.165, 1.54) is 36.4 Å². The van der Waals surface area contributed by atoms with E-state index >= 15 is 4.39 Å². The lowest BCUT2D eigenvalue weighted by Gasteiger charge is -2.33. The fourth-order valence-corrected chi connectivity index (χ4v) is 8.46. The standard InChI is InChI=1S/C42H38F7N4O6P/c1-5-24-8-7-9-25(6-2)35(24)53-36(32-22-51(40(3,4)38(32)50-53)21-26-12-13-27(41(44,45)46)19-33(26)42(47,48)49)30-16-17-34(43)37-31(30)20-28(52(37)39(54)55)18-23-10-14-29(15-11-23)59-60(56,57)58/h7-17,19-20H,5-6,18,21-22H2,1-4H3,(H,54,55)(H2,56,57,58). The predicted octanol–water partition coefficient (Wildman–Crippen LogP) is 10.6. The summed E-state index contributed by atoms with van der Waals surface area (Å²) in [6, 6.07) is 17.0. The molecule has 10 nitrogen and oxygen atoms in total. The maximum atomic E-state index is 16.0. The molecule has 1 aliphatic rings. The van der Waals surface area contributed by atoms with Gasteiger partial charge in [-0.05, 0) is 91.4 Å². The highest BCUT2D eigenvalue weighted by Gasteiger charge is 2.45. The van der Waals surface area contributed by atoms with Crippen LogP contribution in [0.15, 0.2) is 78.9 Å². The monoisotopic (exact) mass is 858 g/mol. The number of carbonyl (C=O) groups is 1. The summed E-state index contributed by atoms with van der Waals surface area (Å²) in [6.07, 6.45) is -10.5. The highest BCUT2D eigenvalue weighted by Crippen LogP contribution is 2.48. The molecule has 316 valence electrons. The molecule has 4 aromatic carbocycles. The van der Waals surface area contributed by atoms with Gasteiger partial charge in [0.1, 0.15) is 11.6 Å². The van der Waals surface area contributed by atoms with Gasteiger partial charge in [-0.3, -0.25) is 14.7 Å². The van der Waals surface area contributed by atoms with Crippen molar-refractivity contribution in [2.24, 2.45) is 0 Å². The number of nitrogens with zero attached hydrogens (tertiary/aromatic N) is 4. The van der Waals surface area contributed by atoms with Gasteiger partial charge in [-0.15, -0.1) is 0 Å². The Kier molecular flexibility index (Phi) is 10.8. The Balaban J connectivity index is 1.43. The predicted molar refractivity (Wildman–Crippen MR) is 207 cm³/mol. The average molecular weight is 859 g/mol. The Morgan fingerprint density at radius 3 is 2.10 bits per heavy atom. The fraction of sp³-hybridized carbons (Fsp3) is 0.286. The van der Waals surface area contributed by atoms with Crippen LogP contribution < -0.4 is 4.52 Å². The molecule has 0 fully saturated rings. The average Bonchev–Trinajstić information content (AvgIpc) is 3.80. The molecule has 2 aromatic heterocycles. The van der Waals surface area contributed by atoms with Crippen LogP contribution in [0.1, 0.15) is 78.0 Å². The first-order chi connectivity index (χ1) is 28.0. The summed E-state index contributed by atoms with van der Waals surface area (Å²) in [6.45, 7) is 6.99. The van der Waals surface area contributed by atoms with Crippen LogP contribution in [-0.2, 0) is 54.8 Å². The van der Waals surface area contributed by atoms with E-state index in [1.54, 1.807) is 23.4 Å². The van der Waals surface area contributed by atoms with Crippen LogP contribution in [-0.4, -0.2) is 40.2 Å². The van der Waals surface area contributed by atoms with Crippen molar-refractivity contribution in [3.63, 3.8) is 0 Å². The van der Waals surface area contributed by atoms with Gasteiger partial charge in [-0.1, -0.05) is 50.2 Å². The largest absolute Gasteiger partial charge is 0.524 e. The van der Waals surface area contributed by atoms with Crippen LogP contribution in [0.2, 0.25) is 0 Å². The zero-order chi connectivity index (χ0) is 43.7. The number of halogens is 7. The van der Waals surface area contributed by atoms with Crippen molar-refractivity contribution in [1.29, 1.82) is 0 Å². The summed E-state index contributed by atoms with van der Waals surface area (Å²) in [4.78, 5) is 32.9. The van der Waals surface area contributed by atoms with Crippen molar-refractivity contribution >= 4 is 24.8 Å². The van der Waals surface area contributed by atoms with Crippen molar-refractivity contribution < 1.29 is 59.5 Å². The first kappa shape index (κ1) is 42.6. The summed E-state index contributed by atoms with van der Waals surface area (Å²) in [5.74, 6) is -0.993. The van der Waals surface area contributed by atoms with Gasteiger partial charge in [0.25, 0.3) is 0 Å². The second kappa shape index (κ2) is 15.2. The smallest absolute Gasteiger partial charge is 0.464 e. The van der Waals surface area contributed by atoms with Gasteiger partial charge in [0.05, 0.1) is 39.3 Å². The maximum Gasteiger partial charge on any atom is 0.524 e. The molecule has 6 aromatic rings. The second-order valence-electron chi connectivity index (χ2n) is 15.0. The Morgan fingerprint density at radius 1 is 0.883 bits per heavy atom. The van der Waals surface area contributed by atoms with Crippen LogP contribution in [0, 0.1) is 5.82 Å². The normalized spacial score (nSPS) is 14.6. The molecule has 0 spiro atoms. The molecule has 0 unspecified atom stereocenters. The SMILES string of the molecule is CCc1cccc(CC)c1-n1nc2c(c1-c1ccc(F)c3c1cc(Cc1ccc(OP(=O)(O)O)cc1)n3C(=O)O)CN(Cc1ccc(C(F)(F)F)cc1C(F)(F)F)C2(C)C. The van der Waals surface area contributed by atoms with E-state index in [4.69, 9.17) is 5.10 Å². The van der Waals surface area contributed by atoms with Gasteiger partial charge in [0.15, 0.2) is 0 Å². The van der Waals surface area contributed by atoms with Crippen LogP contribution in [0.4, 0.5) is 35.5 Å². The third kappa shape index (κ3) is 7.82. The van der Waals surface area contributed by atoms with Crippen LogP contribution in [0.3, 0.4) is 0 Å². The fourth-order valence-electron chi connectivity index (χ4n) is 8.07. The van der Waals surface area contributed by atoms with Crippen molar-refractivity contribution in [1.82, 2.24) is 19.2 Å². The number of phosphoric ester groups is 1. The number of aromatic nitrogens is 3. The van der Waals surface area contributed by atoms with Gasteiger partial charge in [-0.25, -0.2) is 23.0 Å². The van der Waals surface area contributed by atoms with E-state index < -0.39 is 55.3 Å². The highest BCUT2D eigenvalue weighted by atomic mass is 31.2. The van der Waals surface area contributed by atoms with Gasteiger partial charge in [0, 0.05) is 41.7 Å². The molecule has 7 rings (SSSR count). The lowest BCUT2D eigenvalue weighted by Crippen LogP contribution is -2.36. The lowest BCUT2D eigenvalue weighted by atomic mass is 9.96. The molecule has 0 radical (unpaired) electrons. The lowest BCUT2D eigenvalue weighted by molar-refractivity contribution is -0.143.